The number of carbonyl (C=O) groups is 1. The van der Waals surface area contributed by atoms with Crippen LogP contribution in [0.3, 0.4) is 0 Å². The van der Waals surface area contributed by atoms with E-state index in [1.807, 2.05) is 35.7 Å². The maximum absolute atomic E-state index is 11.9. The molecule has 0 saturated heterocycles. The van der Waals surface area contributed by atoms with E-state index in [9.17, 15) is 4.79 Å². The lowest BCUT2D eigenvalue weighted by Gasteiger charge is -2.28. The molecule has 39 heavy (non-hydrogen) atoms. The molecule has 0 spiro atoms. The largest absolute Gasteiger partial charge is 0.489 e. The van der Waals surface area contributed by atoms with Crippen molar-refractivity contribution in [1.82, 2.24) is 9.88 Å². The van der Waals surface area contributed by atoms with Gasteiger partial charge < -0.3 is 4.74 Å². The Morgan fingerprint density at radius 2 is 1.36 bits per heavy atom. The third-order valence-electron chi connectivity index (χ3n) is 6.69. The van der Waals surface area contributed by atoms with Crippen LogP contribution in [0.2, 0.25) is 0 Å². The highest BCUT2D eigenvalue weighted by Crippen LogP contribution is 2.28. The average Bonchev–Trinajstić information content (AvgIpc) is 3.46. The minimum absolute atomic E-state index is 0.00147. The van der Waals surface area contributed by atoms with E-state index in [0.717, 1.165) is 29.4 Å². The molecule has 0 aliphatic heterocycles. The molecule has 0 N–H and O–H groups in total. The van der Waals surface area contributed by atoms with Crippen LogP contribution in [0.1, 0.15) is 50.6 Å². The second kappa shape index (κ2) is 13.1. The Kier molecular flexibility index (Phi) is 8.94. The van der Waals surface area contributed by atoms with Gasteiger partial charge in [-0.05, 0) is 34.4 Å². The Bertz CT molecular complexity index is 1410. The minimum Gasteiger partial charge on any atom is -0.489 e. The van der Waals surface area contributed by atoms with Gasteiger partial charge in [-0.25, -0.2) is 4.98 Å². The second-order valence-electron chi connectivity index (χ2n) is 9.64. The number of benzene rings is 4. The number of ketones is 1. The summed E-state index contributed by atoms with van der Waals surface area (Å²) in [6.45, 7) is 4.35. The van der Waals surface area contributed by atoms with Crippen LogP contribution >= 0.6 is 11.3 Å². The molecule has 0 saturated carbocycles. The number of ether oxygens (including phenoxy) is 1. The number of nitrogens with zero attached hydrogens (tertiary/aromatic N) is 2. The van der Waals surface area contributed by atoms with E-state index in [2.05, 4.69) is 94.8 Å². The Morgan fingerprint density at radius 1 is 0.769 bits per heavy atom. The standard InChI is InChI=1S/C34H32N2O2S/c1-26(37)33-25-39-34(35-33)23-36(22-32(29-13-7-3-8-14-29)30-15-9-4-10-16-30)21-27-17-19-31(20-18-27)38-24-28-11-5-2-6-12-28/h2-20,25,32H,21-24H2,1H3. The van der Waals surface area contributed by atoms with Gasteiger partial charge in [-0.15, -0.1) is 11.3 Å². The van der Waals surface area contributed by atoms with E-state index in [-0.39, 0.29) is 11.7 Å². The zero-order chi connectivity index (χ0) is 26.9. The fourth-order valence-electron chi connectivity index (χ4n) is 4.64. The summed E-state index contributed by atoms with van der Waals surface area (Å²) < 4.78 is 6.00. The number of Topliss-reactive ketones (excluding diaryl/α,β-unsaturated/α-hetero) is 1. The molecule has 5 heteroatoms. The highest BCUT2D eigenvalue weighted by Gasteiger charge is 2.20. The Hall–Kier alpha value is -4.06. The van der Waals surface area contributed by atoms with Crippen molar-refractivity contribution < 1.29 is 9.53 Å². The van der Waals surface area contributed by atoms with E-state index in [0.29, 0.717) is 18.8 Å². The van der Waals surface area contributed by atoms with Crippen LogP contribution in [-0.4, -0.2) is 22.2 Å². The van der Waals surface area contributed by atoms with Crippen LogP contribution in [-0.2, 0) is 19.7 Å². The van der Waals surface area contributed by atoms with Crippen LogP contribution in [0.25, 0.3) is 0 Å². The Balaban J connectivity index is 1.36. The van der Waals surface area contributed by atoms with E-state index in [1.165, 1.54) is 16.7 Å². The first-order valence-corrected chi connectivity index (χ1v) is 14.1. The third kappa shape index (κ3) is 7.50. The van der Waals surface area contributed by atoms with Gasteiger partial charge in [0, 0.05) is 31.3 Å². The third-order valence-corrected chi connectivity index (χ3v) is 7.53. The van der Waals surface area contributed by atoms with E-state index in [1.54, 1.807) is 18.3 Å². The highest BCUT2D eigenvalue weighted by molar-refractivity contribution is 7.09. The van der Waals surface area contributed by atoms with Crippen molar-refractivity contribution >= 4 is 17.1 Å². The van der Waals surface area contributed by atoms with Gasteiger partial charge in [0.15, 0.2) is 5.78 Å². The van der Waals surface area contributed by atoms with Crippen molar-refractivity contribution in [2.45, 2.75) is 32.5 Å². The van der Waals surface area contributed by atoms with Gasteiger partial charge in [-0.2, -0.15) is 0 Å². The van der Waals surface area contributed by atoms with Crippen molar-refractivity contribution in [1.29, 1.82) is 0 Å². The van der Waals surface area contributed by atoms with Crippen LogP contribution in [0, 0.1) is 0 Å². The molecular formula is C34H32N2O2S. The molecule has 0 unspecified atom stereocenters. The van der Waals surface area contributed by atoms with Crippen molar-refractivity contribution in [3.63, 3.8) is 0 Å². The van der Waals surface area contributed by atoms with Crippen molar-refractivity contribution in [2.24, 2.45) is 0 Å². The molecule has 4 nitrogen and oxygen atoms in total. The first-order chi connectivity index (χ1) is 19.1. The molecule has 0 amide bonds. The molecule has 0 atom stereocenters. The smallest absolute Gasteiger partial charge is 0.178 e. The first-order valence-electron chi connectivity index (χ1n) is 13.2. The minimum atomic E-state index is 0.00147. The molecule has 0 bridgehead atoms. The van der Waals surface area contributed by atoms with Gasteiger partial charge in [-0.1, -0.05) is 103 Å². The lowest BCUT2D eigenvalue weighted by atomic mass is 9.90. The zero-order valence-electron chi connectivity index (χ0n) is 22.1. The normalized spacial score (nSPS) is 11.2. The number of hydrogen-bond donors (Lipinski definition) is 0. The molecule has 0 radical (unpaired) electrons. The predicted molar refractivity (Wildman–Crippen MR) is 158 cm³/mol. The number of carbonyl (C=O) groups excluding carboxylic acids is 1. The maximum atomic E-state index is 11.9. The fourth-order valence-corrected chi connectivity index (χ4v) is 5.52. The molecule has 1 heterocycles. The summed E-state index contributed by atoms with van der Waals surface area (Å²) in [5.74, 6) is 1.06. The van der Waals surface area contributed by atoms with E-state index >= 15 is 0 Å². The summed E-state index contributed by atoms with van der Waals surface area (Å²) in [5, 5.41) is 2.81. The summed E-state index contributed by atoms with van der Waals surface area (Å²) >= 11 is 1.55. The molecule has 0 fully saturated rings. The van der Waals surface area contributed by atoms with Gasteiger partial charge in [0.05, 0.1) is 6.54 Å². The van der Waals surface area contributed by atoms with E-state index < -0.39 is 0 Å². The van der Waals surface area contributed by atoms with Crippen LogP contribution < -0.4 is 4.74 Å². The SMILES string of the molecule is CC(=O)c1csc(CN(Cc2ccc(OCc3ccccc3)cc2)CC(c2ccccc2)c2ccccc2)n1. The average molecular weight is 533 g/mol. The Morgan fingerprint density at radius 3 is 1.92 bits per heavy atom. The quantitative estimate of drug-likeness (QED) is 0.154. The lowest BCUT2D eigenvalue weighted by molar-refractivity contribution is 0.101. The van der Waals surface area contributed by atoms with Crippen LogP contribution in [0.4, 0.5) is 0 Å². The summed E-state index contributed by atoms with van der Waals surface area (Å²) in [7, 11) is 0. The maximum Gasteiger partial charge on any atom is 0.178 e. The number of rotatable bonds is 12. The zero-order valence-corrected chi connectivity index (χ0v) is 22.9. The summed E-state index contributed by atoms with van der Waals surface area (Å²) in [5.41, 5.74) is 5.45. The molecule has 0 aliphatic carbocycles. The molecule has 4 aromatic carbocycles. The van der Waals surface area contributed by atoms with Crippen molar-refractivity contribution in [2.75, 3.05) is 6.54 Å². The molecular weight excluding hydrogens is 500 g/mol. The van der Waals surface area contributed by atoms with E-state index in [4.69, 9.17) is 4.74 Å². The van der Waals surface area contributed by atoms with Crippen LogP contribution in [0.15, 0.2) is 121 Å². The Labute approximate surface area is 234 Å². The predicted octanol–water partition coefficient (Wildman–Crippen LogP) is 7.76. The molecule has 5 rings (SSSR count). The number of hydrogen-bond acceptors (Lipinski definition) is 5. The van der Waals surface area contributed by atoms with Gasteiger partial charge in [-0.3, -0.25) is 9.69 Å². The monoisotopic (exact) mass is 532 g/mol. The summed E-state index contributed by atoms with van der Waals surface area (Å²) in [4.78, 5) is 18.9. The molecule has 196 valence electrons. The second-order valence-corrected chi connectivity index (χ2v) is 10.6. The summed E-state index contributed by atoms with van der Waals surface area (Å²) in [6, 6.07) is 39.9. The number of thiazole rings is 1. The van der Waals surface area contributed by atoms with Gasteiger partial charge in [0.2, 0.25) is 0 Å². The lowest BCUT2D eigenvalue weighted by Crippen LogP contribution is -2.28. The summed E-state index contributed by atoms with van der Waals surface area (Å²) in [6.07, 6.45) is 0. The van der Waals surface area contributed by atoms with Crippen LogP contribution in [0.5, 0.6) is 5.75 Å². The molecule has 5 aromatic rings. The van der Waals surface area contributed by atoms with Gasteiger partial charge >= 0.3 is 0 Å². The number of aromatic nitrogens is 1. The first kappa shape index (κ1) is 26.5. The fraction of sp³-hybridized carbons (Fsp3) is 0.176. The van der Waals surface area contributed by atoms with Crippen molar-refractivity contribution in [3.05, 3.63) is 154 Å². The molecule has 0 aliphatic rings. The molecule has 1 aromatic heterocycles. The van der Waals surface area contributed by atoms with Crippen molar-refractivity contribution in [3.8, 4) is 5.75 Å². The van der Waals surface area contributed by atoms with Gasteiger partial charge in [0.1, 0.15) is 23.1 Å². The van der Waals surface area contributed by atoms with Gasteiger partial charge in [0.25, 0.3) is 0 Å². The highest BCUT2D eigenvalue weighted by atomic mass is 32.1. The topological polar surface area (TPSA) is 42.4 Å².